The number of unbranched alkanes of at least 4 members (excludes halogenated alkanes) is 3. The fourth-order valence-corrected chi connectivity index (χ4v) is 3.51. The molecule has 2 rings (SSSR count). The SMILES string of the molecule is CCCCCCOC(=O)CCC(=O)CNC(=O)OCc1ccc(NC(=O)OC2OC(OC=O)C(O)C(O)C2O)cc1. The van der Waals surface area contributed by atoms with Crippen LogP contribution in [0.15, 0.2) is 24.3 Å². The molecule has 0 radical (unpaired) electrons. The highest BCUT2D eigenvalue weighted by Crippen LogP contribution is 2.23. The highest BCUT2D eigenvalue weighted by Gasteiger charge is 2.46. The number of carbonyl (C=O) groups is 5. The lowest BCUT2D eigenvalue weighted by Crippen LogP contribution is -2.59. The Bertz CT molecular complexity index is 1000. The largest absolute Gasteiger partial charge is 0.466 e. The molecule has 228 valence electrons. The molecule has 41 heavy (non-hydrogen) atoms. The zero-order chi connectivity index (χ0) is 30.2. The predicted octanol–water partition coefficient (Wildman–Crippen LogP) is 0.872. The molecule has 2 amide bonds. The Morgan fingerprint density at radius 2 is 1.61 bits per heavy atom. The van der Waals surface area contributed by atoms with Crippen LogP contribution in [0.3, 0.4) is 0 Å². The molecule has 0 bridgehead atoms. The Morgan fingerprint density at radius 3 is 2.29 bits per heavy atom. The van der Waals surface area contributed by atoms with Crippen molar-refractivity contribution in [1.29, 1.82) is 0 Å². The molecule has 0 spiro atoms. The number of benzene rings is 1. The van der Waals surface area contributed by atoms with Gasteiger partial charge in [-0.15, -0.1) is 0 Å². The second-order valence-corrected chi connectivity index (χ2v) is 9.05. The third-order valence-corrected chi connectivity index (χ3v) is 5.81. The molecule has 1 aromatic carbocycles. The topological polar surface area (TPSA) is 216 Å². The monoisotopic (exact) mass is 584 g/mol. The van der Waals surface area contributed by atoms with Crippen molar-refractivity contribution in [3.05, 3.63) is 29.8 Å². The first-order valence-corrected chi connectivity index (χ1v) is 13.1. The van der Waals surface area contributed by atoms with E-state index in [0.29, 0.717) is 12.2 Å². The molecule has 0 aromatic heterocycles. The molecule has 5 N–H and O–H groups in total. The van der Waals surface area contributed by atoms with Crippen molar-refractivity contribution >= 4 is 36.1 Å². The molecular weight excluding hydrogens is 548 g/mol. The number of anilines is 1. The average molecular weight is 585 g/mol. The van der Waals surface area contributed by atoms with Crippen LogP contribution < -0.4 is 10.6 Å². The first-order chi connectivity index (χ1) is 19.6. The maximum absolute atomic E-state index is 12.2. The van der Waals surface area contributed by atoms with Gasteiger partial charge in [0, 0.05) is 12.1 Å². The van der Waals surface area contributed by atoms with Gasteiger partial charge in [0.15, 0.2) is 5.78 Å². The molecule has 1 aliphatic rings. The Hall–Kier alpha value is -3.79. The van der Waals surface area contributed by atoms with E-state index >= 15 is 0 Å². The van der Waals surface area contributed by atoms with Crippen LogP contribution in [0.1, 0.15) is 51.0 Å². The Labute approximate surface area is 236 Å². The Kier molecular flexibility index (Phi) is 14.5. The highest BCUT2D eigenvalue weighted by molar-refractivity contribution is 5.86. The molecule has 0 aliphatic carbocycles. The van der Waals surface area contributed by atoms with E-state index in [9.17, 15) is 39.3 Å². The quantitative estimate of drug-likeness (QED) is 0.0790. The number of hydrogen-bond donors (Lipinski definition) is 5. The second-order valence-electron chi connectivity index (χ2n) is 9.05. The van der Waals surface area contributed by atoms with Gasteiger partial charge in [-0.25, -0.2) is 9.59 Å². The number of ketones is 1. The smallest absolute Gasteiger partial charge is 0.414 e. The molecule has 5 unspecified atom stereocenters. The molecule has 1 aliphatic heterocycles. The summed E-state index contributed by atoms with van der Waals surface area (Å²) in [6.07, 6.45) is -6.92. The third-order valence-electron chi connectivity index (χ3n) is 5.81. The van der Waals surface area contributed by atoms with E-state index in [1.165, 1.54) is 24.3 Å². The fraction of sp³-hybridized carbons (Fsp3) is 0.577. The molecular formula is C26H36N2O13. The normalized spacial score (nSPS) is 21.7. The van der Waals surface area contributed by atoms with Gasteiger partial charge in [-0.2, -0.15) is 0 Å². The van der Waals surface area contributed by atoms with Gasteiger partial charge in [0.2, 0.25) is 12.6 Å². The van der Waals surface area contributed by atoms with Gasteiger partial charge < -0.3 is 39.6 Å². The summed E-state index contributed by atoms with van der Waals surface area (Å²) in [5.41, 5.74) is 0.795. The van der Waals surface area contributed by atoms with Crippen LogP contribution in [0.2, 0.25) is 0 Å². The van der Waals surface area contributed by atoms with Crippen molar-refractivity contribution in [3.63, 3.8) is 0 Å². The lowest BCUT2D eigenvalue weighted by atomic mass is 10.0. The average Bonchev–Trinajstić information content (AvgIpc) is 2.95. The van der Waals surface area contributed by atoms with E-state index in [-0.39, 0.29) is 43.9 Å². The second kappa shape index (κ2) is 17.8. The first kappa shape index (κ1) is 33.4. The zero-order valence-electron chi connectivity index (χ0n) is 22.6. The summed E-state index contributed by atoms with van der Waals surface area (Å²) < 4.78 is 24.4. The van der Waals surface area contributed by atoms with E-state index in [1.54, 1.807) is 0 Å². The number of nitrogens with one attached hydrogen (secondary N) is 2. The number of amides is 2. The van der Waals surface area contributed by atoms with E-state index in [1.807, 2.05) is 0 Å². The van der Waals surface area contributed by atoms with Crippen molar-refractivity contribution in [2.45, 2.75) is 82.9 Å². The summed E-state index contributed by atoms with van der Waals surface area (Å²) in [5, 5.41) is 34.2. The van der Waals surface area contributed by atoms with Crippen LogP contribution in [0.25, 0.3) is 0 Å². The number of alkyl carbamates (subject to hydrolysis) is 1. The maximum atomic E-state index is 12.2. The van der Waals surface area contributed by atoms with E-state index < -0.39 is 49.0 Å². The van der Waals surface area contributed by atoms with Crippen LogP contribution in [0.4, 0.5) is 15.3 Å². The van der Waals surface area contributed by atoms with Crippen LogP contribution in [-0.2, 0) is 44.7 Å². The minimum atomic E-state index is -1.81. The molecule has 1 heterocycles. The van der Waals surface area contributed by atoms with E-state index in [2.05, 4.69) is 22.3 Å². The van der Waals surface area contributed by atoms with Gasteiger partial charge in [0.25, 0.3) is 6.47 Å². The number of Topliss-reactive ketones (excluding diaryl/α,β-unsaturated/α-hetero) is 1. The first-order valence-electron chi connectivity index (χ1n) is 13.1. The maximum Gasteiger partial charge on any atom is 0.414 e. The van der Waals surface area contributed by atoms with Crippen molar-refractivity contribution in [3.8, 4) is 0 Å². The van der Waals surface area contributed by atoms with Crippen molar-refractivity contribution in [2.75, 3.05) is 18.5 Å². The summed E-state index contributed by atoms with van der Waals surface area (Å²) in [6, 6.07) is 5.97. The molecule has 5 atom stereocenters. The number of aliphatic hydroxyl groups excluding tert-OH is 3. The molecule has 0 saturated carbocycles. The van der Waals surface area contributed by atoms with Crippen LogP contribution in [0, 0.1) is 0 Å². The third kappa shape index (κ3) is 12.1. The highest BCUT2D eigenvalue weighted by atomic mass is 16.8. The van der Waals surface area contributed by atoms with Crippen molar-refractivity contribution in [1.82, 2.24) is 5.32 Å². The van der Waals surface area contributed by atoms with Gasteiger partial charge in [0.1, 0.15) is 24.9 Å². The molecule has 15 nitrogen and oxygen atoms in total. The van der Waals surface area contributed by atoms with Gasteiger partial charge in [-0.05, 0) is 24.1 Å². The minimum absolute atomic E-state index is 0.0401. The summed E-state index contributed by atoms with van der Waals surface area (Å²) in [4.78, 5) is 58.1. The van der Waals surface area contributed by atoms with Crippen molar-refractivity contribution < 1.29 is 63.0 Å². The number of carbonyl (C=O) groups excluding carboxylic acids is 5. The Balaban J connectivity index is 1.66. The standard InChI is InChI=1S/C26H36N2O13/c1-2-3-4-5-12-37-19(31)11-10-18(30)13-27-25(35)38-14-16-6-8-17(9-7-16)28-26(36)41-24-22(34)20(32)21(33)23(40-24)39-15-29/h6-9,15,20-24,32-34H,2-5,10-14H2,1H3,(H,27,35)(H,28,36). The number of rotatable bonds is 16. The van der Waals surface area contributed by atoms with Crippen LogP contribution >= 0.6 is 0 Å². The summed E-state index contributed by atoms with van der Waals surface area (Å²) in [7, 11) is 0. The molecule has 15 heteroatoms. The number of hydrogen-bond acceptors (Lipinski definition) is 13. The fourth-order valence-electron chi connectivity index (χ4n) is 3.51. The molecule has 1 aromatic rings. The van der Waals surface area contributed by atoms with Gasteiger partial charge >= 0.3 is 18.2 Å². The number of esters is 1. The lowest BCUT2D eigenvalue weighted by Gasteiger charge is -2.38. The number of ether oxygens (including phenoxy) is 5. The van der Waals surface area contributed by atoms with E-state index in [0.717, 1.165) is 25.7 Å². The van der Waals surface area contributed by atoms with Gasteiger partial charge in [0.05, 0.1) is 19.6 Å². The summed E-state index contributed by atoms with van der Waals surface area (Å²) in [6.45, 7) is 1.92. The lowest BCUT2D eigenvalue weighted by molar-refractivity contribution is -0.326. The zero-order valence-corrected chi connectivity index (χ0v) is 22.6. The molecule has 1 fully saturated rings. The number of aliphatic hydroxyl groups is 3. The summed E-state index contributed by atoms with van der Waals surface area (Å²) >= 11 is 0. The minimum Gasteiger partial charge on any atom is -0.466 e. The summed E-state index contributed by atoms with van der Waals surface area (Å²) in [5.74, 6) is -0.809. The van der Waals surface area contributed by atoms with E-state index in [4.69, 9.17) is 18.9 Å². The van der Waals surface area contributed by atoms with Crippen molar-refractivity contribution in [2.24, 2.45) is 0 Å². The Morgan fingerprint density at radius 1 is 0.902 bits per heavy atom. The van der Waals surface area contributed by atoms with Gasteiger partial charge in [-0.1, -0.05) is 38.3 Å². The predicted molar refractivity (Wildman–Crippen MR) is 138 cm³/mol. The van der Waals surface area contributed by atoms with Crippen LogP contribution in [-0.4, -0.2) is 89.8 Å². The van der Waals surface area contributed by atoms with Crippen LogP contribution in [0.5, 0.6) is 0 Å². The molecule has 1 saturated heterocycles. The van der Waals surface area contributed by atoms with Gasteiger partial charge in [-0.3, -0.25) is 24.4 Å².